The van der Waals surface area contributed by atoms with E-state index < -0.39 is 5.97 Å². The summed E-state index contributed by atoms with van der Waals surface area (Å²) in [5.74, 6) is -0.975. The van der Waals surface area contributed by atoms with Gasteiger partial charge in [0, 0.05) is 10.4 Å². The van der Waals surface area contributed by atoms with E-state index in [1.165, 1.54) is 12.0 Å². The number of halogens is 1. The molecule has 0 aliphatic carbocycles. The summed E-state index contributed by atoms with van der Waals surface area (Å²) in [6.07, 6.45) is 0. The molecule has 1 rings (SSSR count). The van der Waals surface area contributed by atoms with Crippen LogP contribution in [0.25, 0.3) is 0 Å². The second-order valence-corrected chi connectivity index (χ2v) is 7.49. The Morgan fingerprint density at radius 3 is 2.42 bits per heavy atom. The average molecular weight is 416 g/mol. The molecule has 132 valence electrons. The zero-order chi connectivity index (χ0) is 18.4. The van der Waals surface area contributed by atoms with Crippen molar-refractivity contribution in [2.24, 2.45) is 5.92 Å². The smallest absolute Gasteiger partial charge is 0.325 e. The summed E-state index contributed by atoms with van der Waals surface area (Å²) in [5.41, 5.74) is 2.39. The highest BCUT2D eigenvalue weighted by atomic mass is 79.9. The van der Waals surface area contributed by atoms with E-state index in [1.54, 1.807) is 13.8 Å². The third kappa shape index (κ3) is 5.34. The van der Waals surface area contributed by atoms with Crippen molar-refractivity contribution in [1.29, 1.82) is 0 Å². The third-order valence-electron chi connectivity index (χ3n) is 3.46. The molecule has 0 spiro atoms. The number of benzene rings is 1. The first-order valence-electron chi connectivity index (χ1n) is 7.48. The average Bonchev–Trinajstić information content (AvgIpc) is 2.54. The van der Waals surface area contributed by atoms with Crippen LogP contribution >= 0.6 is 27.7 Å². The highest BCUT2D eigenvalue weighted by Gasteiger charge is 2.24. The summed E-state index contributed by atoms with van der Waals surface area (Å²) in [6.45, 7) is 7.13. The molecule has 0 saturated carbocycles. The van der Waals surface area contributed by atoms with Gasteiger partial charge in [-0.05, 0) is 31.0 Å². The van der Waals surface area contributed by atoms with E-state index in [9.17, 15) is 14.4 Å². The fraction of sp³-hybridized carbons (Fsp3) is 0.471. The van der Waals surface area contributed by atoms with Crippen molar-refractivity contribution < 1.29 is 19.1 Å². The number of amides is 1. The molecule has 0 atom stereocenters. The van der Waals surface area contributed by atoms with E-state index in [2.05, 4.69) is 15.9 Å². The number of carbonyl (C=O) groups excluding carboxylic acids is 3. The summed E-state index contributed by atoms with van der Waals surface area (Å²) >= 11 is 4.42. The second kappa shape index (κ2) is 9.22. The van der Waals surface area contributed by atoms with Gasteiger partial charge in [-0.1, -0.05) is 47.6 Å². The van der Waals surface area contributed by atoms with Gasteiger partial charge in [-0.25, -0.2) is 0 Å². The second-order valence-electron chi connectivity index (χ2n) is 5.66. The highest BCUT2D eigenvalue weighted by molar-refractivity contribution is 9.10. The van der Waals surface area contributed by atoms with Crippen molar-refractivity contribution in [3.05, 3.63) is 27.7 Å². The van der Waals surface area contributed by atoms with Crippen LogP contribution in [0.4, 0.5) is 5.69 Å². The lowest BCUT2D eigenvalue weighted by molar-refractivity contribution is -0.139. The summed E-state index contributed by atoms with van der Waals surface area (Å²) in [6, 6.07) is 3.77. The molecule has 0 aliphatic rings. The predicted molar refractivity (Wildman–Crippen MR) is 100 cm³/mol. The van der Waals surface area contributed by atoms with Crippen LogP contribution in [0.3, 0.4) is 0 Å². The van der Waals surface area contributed by atoms with Gasteiger partial charge in [0.15, 0.2) is 5.12 Å². The lowest BCUT2D eigenvalue weighted by Gasteiger charge is -2.25. The molecule has 0 N–H and O–H groups in total. The van der Waals surface area contributed by atoms with Gasteiger partial charge in [0.25, 0.3) is 0 Å². The molecule has 5 nitrogen and oxygen atoms in total. The van der Waals surface area contributed by atoms with Gasteiger partial charge < -0.3 is 4.74 Å². The van der Waals surface area contributed by atoms with Crippen molar-refractivity contribution in [2.75, 3.05) is 24.3 Å². The number of rotatable bonds is 6. The molecule has 1 amide bonds. The molecule has 0 aromatic heterocycles. The fourth-order valence-electron chi connectivity index (χ4n) is 2.09. The molecule has 0 radical (unpaired) electrons. The Labute approximate surface area is 155 Å². The summed E-state index contributed by atoms with van der Waals surface area (Å²) in [5, 5.41) is -0.0518. The van der Waals surface area contributed by atoms with Crippen LogP contribution in [0.1, 0.15) is 25.0 Å². The molecule has 0 fully saturated rings. The summed E-state index contributed by atoms with van der Waals surface area (Å²) in [7, 11) is 1.28. The Morgan fingerprint density at radius 1 is 1.25 bits per heavy atom. The van der Waals surface area contributed by atoms with Crippen LogP contribution in [0.2, 0.25) is 0 Å². The molecular formula is C17H22BrNO4S. The minimum atomic E-state index is -0.512. The minimum absolute atomic E-state index is 0.0145. The Kier molecular flexibility index (Phi) is 7.96. The molecule has 0 heterocycles. The number of methoxy groups -OCH3 is 1. The van der Waals surface area contributed by atoms with E-state index in [0.29, 0.717) is 5.69 Å². The number of aryl methyl sites for hydroxylation is 1. The Balaban J connectivity index is 3.13. The monoisotopic (exact) mass is 415 g/mol. The van der Waals surface area contributed by atoms with Gasteiger partial charge in [-0.3, -0.25) is 19.3 Å². The van der Waals surface area contributed by atoms with Gasteiger partial charge in [0.05, 0.1) is 18.6 Å². The molecule has 7 heteroatoms. The predicted octanol–water partition coefficient (Wildman–Crippen LogP) is 3.49. The zero-order valence-corrected chi connectivity index (χ0v) is 16.9. The van der Waals surface area contributed by atoms with Crippen LogP contribution < -0.4 is 4.90 Å². The van der Waals surface area contributed by atoms with Crippen molar-refractivity contribution in [2.45, 2.75) is 27.7 Å². The molecule has 1 aromatic carbocycles. The molecule has 0 aliphatic heterocycles. The molecular weight excluding hydrogens is 394 g/mol. The minimum Gasteiger partial charge on any atom is -0.468 e. The zero-order valence-electron chi connectivity index (χ0n) is 14.5. The van der Waals surface area contributed by atoms with Gasteiger partial charge in [-0.2, -0.15) is 0 Å². The number of esters is 1. The normalized spacial score (nSPS) is 10.6. The lowest BCUT2D eigenvalue weighted by atomic mass is 10.1. The number of nitrogens with zero attached hydrogens (tertiary/aromatic N) is 1. The number of anilines is 1. The number of ether oxygens (including phenoxy) is 1. The van der Waals surface area contributed by atoms with Crippen LogP contribution in [0.15, 0.2) is 16.6 Å². The maximum absolute atomic E-state index is 12.7. The van der Waals surface area contributed by atoms with Gasteiger partial charge in [0.1, 0.15) is 6.54 Å². The molecule has 1 aromatic rings. The molecule has 0 bridgehead atoms. The van der Waals surface area contributed by atoms with Gasteiger partial charge in [0.2, 0.25) is 5.91 Å². The van der Waals surface area contributed by atoms with Crippen LogP contribution in [0, 0.1) is 19.8 Å². The lowest BCUT2D eigenvalue weighted by Crippen LogP contribution is -2.38. The van der Waals surface area contributed by atoms with E-state index >= 15 is 0 Å². The first kappa shape index (κ1) is 20.7. The fourth-order valence-corrected chi connectivity index (χ4v) is 3.16. The first-order chi connectivity index (χ1) is 11.2. The Bertz CT molecular complexity index is 646. The van der Waals surface area contributed by atoms with Gasteiger partial charge >= 0.3 is 5.97 Å². The van der Waals surface area contributed by atoms with E-state index in [1.807, 2.05) is 26.0 Å². The van der Waals surface area contributed by atoms with Crippen LogP contribution in [-0.4, -0.2) is 36.4 Å². The molecule has 0 unspecified atom stereocenters. The Morgan fingerprint density at radius 2 is 1.88 bits per heavy atom. The van der Waals surface area contributed by atoms with Crippen LogP contribution in [-0.2, 0) is 19.1 Å². The van der Waals surface area contributed by atoms with E-state index in [0.717, 1.165) is 27.4 Å². The van der Waals surface area contributed by atoms with Crippen molar-refractivity contribution in [3.63, 3.8) is 0 Å². The quantitative estimate of drug-likeness (QED) is 0.665. The number of hydrogen-bond acceptors (Lipinski definition) is 5. The SMILES string of the molecule is COC(=O)CN(C(=O)CSC(=O)C(C)C)c1c(C)ccc(Br)c1C. The van der Waals surface area contributed by atoms with E-state index in [-0.39, 0.29) is 29.2 Å². The number of hydrogen-bond donors (Lipinski definition) is 0. The van der Waals surface area contributed by atoms with Crippen molar-refractivity contribution >= 4 is 50.4 Å². The van der Waals surface area contributed by atoms with Crippen molar-refractivity contribution in [1.82, 2.24) is 0 Å². The summed E-state index contributed by atoms with van der Waals surface area (Å²) in [4.78, 5) is 37.6. The highest BCUT2D eigenvalue weighted by Crippen LogP contribution is 2.31. The third-order valence-corrected chi connectivity index (χ3v) is 5.47. The topological polar surface area (TPSA) is 63.7 Å². The summed E-state index contributed by atoms with van der Waals surface area (Å²) < 4.78 is 5.55. The van der Waals surface area contributed by atoms with Gasteiger partial charge in [-0.15, -0.1) is 0 Å². The van der Waals surface area contributed by atoms with Crippen molar-refractivity contribution in [3.8, 4) is 0 Å². The maximum Gasteiger partial charge on any atom is 0.325 e. The van der Waals surface area contributed by atoms with E-state index in [4.69, 9.17) is 4.74 Å². The molecule has 24 heavy (non-hydrogen) atoms. The number of carbonyl (C=O) groups is 3. The molecule has 0 saturated heterocycles. The maximum atomic E-state index is 12.7. The Hall–Kier alpha value is -1.34. The van der Waals surface area contributed by atoms with Crippen LogP contribution in [0.5, 0.6) is 0 Å². The standard InChI is InChI=1S/C17H22BrNO4S/c1-10(2)17(22)24-9-14(20)19(8-15(21)23-5)16-11(3)6-7-13(18)12(16)4/h6-7,10H,8-9H2,1-5H3. The first-order valence-corrected chi connectivity index (χ1v) is 9.26. The largest absolute Gasteiger partial charge is 0.468 e. The number of thioether (sulfide) groups is 1.